The Morgan fingerprint density at radius 3 is 1.79 bits per heavy atom. The molecular formula is C58H36N2S. The van der Waals surface area contributed by atoms with E-state index in [1.54, 1.807) is 0 Å². The van der Waals surface area contributed by atoms with Crippen molar-refractivity contribution in [3.05, 3.63) is 218 Å². The van der Waals surface area contributed by atoms with Crippen LogP contribution in [0, 0.1) is 0 Å². The molecule has 0 amide bonds. The molecule has 0 atom stereocenters. The van der Waals surface area contributed by atoms with Gasteiger partial charge in [0, 0.05) is 36.9 Å². The molecule has 0 spiro atoms. The second-order valence-electron chi connectivity index (χ2n) is 15.7. The van der Waals surface area contributed by atoms with Gasteiger partial charge in [-0.3, -0.25) is 0 Å². The highest BCUT2D eigenvalue weighted by molar-refractivity contribution is 7.25. The minimum Gasteiger partial charge on any atom is -0.228 e. The minimum atomic E-state index is 0.687. The smallest absolute Gasteiger partial charge is 0.160 e. The second-order valence-corrected chi connectivity index (χ2v) is 16.7. The van der Waals surface area contributed by atoms with Gasteiger partial charge >= 0.3 is 0 Å². The molecule has 3 heteroatoms. The first kappa shape index (κ1) is 35.2. The lowest BCUT2D eigenvalue weighted by molar-refractivity contribution is 1.18. The number of thiophene rings is 1. The third-order valence-corrected chi connectivity index (χ3v) is 13.2. The normalized spacial score (nSPS) is 11.6. The van der Waals surface area contributed by atoms with Crippen LogP contribution >= 0.6 is 11.3 Å². The van der Waals surface area contributed by atoms with E-state index in [1.165, 1.54) is 69.2 Å². The Kier molecular flexibility index (Phi) is 8.39. The van der Waals surface area contributed by atoms with Gasteiger partial charge in [0.1, 0.15) is 0 Å². The number of aromatic nitrogens is 2. The number of hydrogen-bond donors (Lipinski definition) is 0. The van der Waals surface area contributed by atoms with Crippen LogP contribution < -0.4 is 0 Å². The zero-order valence-electron chi connectivity index (χ0n) is 33.1. The summed E-state index contributed by atoms with van der Waals surface area (Å²) in [5, 5.41) is 10.0. The molecular weight excluding hydrogens is 757 g/mol. The molecule has 0 aliphatic rings. The van der Waals surface area contributed by atoms with E-state index in [1.807, 2.05) is 11.3 Å². The van der Waals surface area contributed by atoms with Crippen LogP contribution in [0.4, 0.5) is 0 Å². The van der Waals surface area contributed by atoms with Crippen molar-refractivity contribution in [3.8, 4) is 67.3 Å². The van der Waals surface area contributed by atoms with E-state index in [9.17, 15) is 0 Å². The standard InChI is InChI=1S/C58H36N2S/c1-2-14-37(15-3-1)41-18-12-19-43(34-41)52-36-53(47-23-9-8-22-46(47)48-25-13-27-55-57(48)50-24-10-11-26-54(50)61-55)60-58(59-52)40-30-28-39(29-31-40)56-45-21-7-5-17-42(45)35-51-44-20-6-4-16-38(44)32-33-49(51)56/h1-36H. The molecule has 0 N–H and O–H groups in total. The second kappa shape index (κ2) is 14.5. The summed E-state index contributed by atoms with van der Waals surface area (Å²) in [6.07, 6.45) is 0. The van der Waals surface area contributed by atoms with Gasteiger partial charge in [-0.05, 0) is 96.0 Å². The van der Waals surface area contributed by atoms with Crippen molar-refractivity contribution in [1.82, 2.24) is 9.97 Å². The first-order valence-electron chi connectivity index (χ1n) is 20.7. The summed E-state index contributed by atoms with van der Waals surface area (Å²) >= 11 is 1.85. The molecule has 2 aromatic heterocycles. The molecule has 0 unspecified atom stereocenters. The fraction of sp³-hybridized carbons (Fsp3) is 0. The molecule has 0 aliphatic heterocycles. The molecule has 0 saturated carbocycles. The van der Waals surface area contributed by atoms with E-state index in [2.05, 4.69) is 218 Å². The molecule has 12 aromatic rings. The third-order valence-electron chi connectivity index (χ3n) is 12.1. The van der Waals surface area contributed by atoms with E-state index < -0.39 is 0 Å². The lowest BCUT2D eigenvalue weighted by atomic mass is 9.89. The summed E-state index contributed by atoms with van der Waals surface area (Å²) in [7, 11) is 0. The molecule has 2 heterocycles. The quantitative estimate of drug-likeness (QED) is 0.124. The average Bonchev–Trinajstić information content (AvgIpc) is 3.73. The van der Waals surface area contributed by atoms with Crippen molar-refractivity contribution >= 4 is 63.8 Å². The van der Waals surface area contributed by atoms with Crippen LogP contribution in [0.2, 0.25) is 0 Å². The topological polar surface area (TPSA) is 25.8 Å². The molecule has 0 radical (unpaired) electrons. The molecule has 0 fully saturated rings. The van der Waals surface area contributed by atoms with E-state index in [0.717, 1.165) is 44.8 Å². The lowest BCUT2D eigenvalue weighted by Crippen LogP contribution is -1.97. The zero-order valence-corrected chi connectivity index (χ0v) is 33.9. The van der Waals surface area contributed by atoms with Gasteiger partial charge < -0.3 is 0 Å². The number of rotatable bonds is 6. The first-order valence-corrected chi connectivity index (χ1v) is 21.5. The summed E-state index contributed by atoms with van der Waals surface area (Å²) in [4.78, 5) is 10.8. The summed E-state index contributed by atoms with van der Waals surface area (Å²) < 4.78 is 2.57. The van der Waals surface area contributed by atoms with Gasteiger partial charge in [-0.25, -0.2) is 9.97 Å². The monoisotopic (exact) mass is 792 g/mol. The van der Waals surface area contributed by atoms with Crippen LogP contribution in [0.25, 0.3) is 120 Å². The van der Waals surface area contributed by atoms with Crippen LogP contribution in [0.3, 0.4) is 0 Å². The maximum Gasteiger partial charge on any atom is 0.160 e. The van der Waals surface area contributed by atoms with Crippen LogP contribution in [0.5, 0.6) is 0 Å². The van der Waals surface area contributed by atoms with Crippen LogP contribution in [-0.4, -0.2) is 9.97 Å². The molecule has 284 valence electrons. The van der Waals surface area contributed by atoms with Gasteiger partial charge in [0.2, 0.25) is 0 Å². The van der Waals surface area contributed by atoms with E-state index in [4.69, 9.17) is 9.97 Å². The Hall–Kier alpha value is -7.72. The molecule has 0 saturated heterocycles. The summed E-state index contributed by atoms with van der Waals surface area (Å²) in [5.74, 6) is 0.687. The highest BCUT2D eigenvalue weighted by Crippen LogP contribution is 2.44. The summed E-state index contributed by atoms with van der Waals surface area (Å²) in [6.45, 7) is 0. The minimum absolute atomic E-state index is 0.687. The molecule has 12 rings (SSSR count). The Morgan fingerprint density at radius 2 is 0.918 bits per heavy atom. The number of benzene rings is 10. The number of nitrogens with zero attached hydrogens (tertiary/aromatic N) is 2. The molecule has 10 aromatic carbocycles. The Morgan fingerprint density at radius 1 is 0.295 bits per heavy atom. The highest BCUT2D eigenvalue weighted by Gasteiger charge is 2.19. The van der Waals surface area contributed by atoms with Crippen molar-refractivity contribution in [2.24, 2.45) is 0 Å². The van der Waals surface area contributed by atoms with Gasteiger partial charge in [-0.15, -0.1) is 11.3 Å². The largest absolute Gasteiger partial charge is 0.228 e. The van der Waals surface area contributed by atoms with E-state index >= 15 is 0 Å². The van der Waals surface area contributed by atoms with Gasteiger partial charge in [0.05, 0.1) is 11.4 Å². The number of fused-ring (bicyclic) bond motifs is 7. The van der Waals surface area contributed by atoms with Crippen LogP contribution in [0.15, 0.2) is 218 Å². The first-order chi connectivity index (χ1) is 30.2. The molecule has 2 nitrogen and oxygen atoms in total. The predicted molar refractivity (Wildman–Crippen MR) is 260 cm³/mol. The van der Waals surface area contributed by atoms with Gasteiger partial charge in [0.25, 0.3) is 0 Å². The zero-order chi connectivity index (χ0) is 40.3. The van der Waals surface area contributed by atoms with E-state index in [-0.39, 0.29) is 0 Å². The summed E-state index contributed by atoms with van der Waals surface area (Å²) in [5.41, 5.74) is 11.9. The SMILES string of the molecule is c1ccc(-c2cccc(-c3cc(-c4ccccc4-c4cccc5sc6ccccc6c45)nc(-c4ccc(-c5c6ccccc6cc6c5ccc5ccccc56)cc4)n3)c2)cc1. The van der Waals surface area contributed by atoms with E-state index in [0.29, 0.717) is 5.82 Å². The predicted octanol–water partition coefficient (Wildman–Crippen LogP) is 16.3. The van der Waals surface area contributed by atoms with Crippen molar-refractivity contribution in [3.63, 3.8) is 0 Å². The van der Waals surface area contributed by atoms with Crippen molar-refractivity contribution in [1.29, 1.82) is 0 Å². The number of hydrogen-bond acceptors (Lipinski definition) is 3. The lowest BCUT2D eigenvalue weighted by Gasteiger charge is -2.15. The van der Waals surface area contributed by atoms with Gasteiger partial charge in [-0.1, -0.05) is 188 Å². The van der Waals surface area contributed by atoms with Crippen molar-refractivity contribution in [2.45, 2.75) is 0 Å². The maximum atomic E-state index is 5.42. The van der Waals surface area contributed by atoms with Crippen molar-refractivity contribution < 1.29 is 0 Å². The highest BCUT2D eigenvalue weighted by atomic mass is 32.1. The van der Waals surface area contributed by atoms with Crippen LogP contribution in [-0.2, 0) is 0 Å². The summed E-state index contributed by atoms with van der Waals surface area (Å²) in [6, 6.07) is 78.7. The fourth-order valence-electron chi connectivity index (χ4n) is 9.21. The Balaban J connectivity index is 1.04. The Bertz CT molecular complexity index is 3640. The van der Waals surface area contributed by atoms with Gasteiger partial charge in [0.15, 0.2) is 5.82 Å². The van der Waals surface area contributed by atoms with Gasteiger partial charge in [-0.2, -0.15) is 0 Å². The van der Waals surface area contributed by atoms with Crippen LogP contribution in [0.1, 0.15) is 0 Å². The van der Waals surface area contributed by atoms with Crippen molar-refractivity contribution in [2.75, 3.05) is 0 Å². The maximum absolute atomic E-state index is 5.42. The average molecular weight is 793 g/mol. The molecule has 61 heavy (non-hydrogen) atoms. The fourth-order valence-corrected chi connectivity index (χ4v) is 10.3. The Labute approximate surface area is 357 Å². The molecule has 0 aliphatic carbocycles. The molecule has 0 bridgehead atoms. The third kappa shape index (κ3) is 6.09.